The molecule has 0 N–H and O–H groups in total. The molecule has 0 aromatic heterocycles. The highest BCUT2D eigenvalue weighted by atomic mass is 79.9. The average molecular weight is 542 g/mol. The smallest absolute Gasteiger partial charge is 0.293 e. The van der Waals surface area contributed by atoms with Gasteiger partial charge in [0.25, 0.3) is 11.1 Å². The summed E-state index contributed by atoms with van der Waals surface area (Å²) in [4.78, 5) is 26.9. The van der Waals surface area contributed by atoms with Crippen molar-refractivity contribution >= 4 is 44.9 Å². The van der Waals surface area contributed by atoms with Crippen LogP contribution in [0.2, 0.25) is 0 Å². The summed E-state index contributed by atoms with van der Waals surface area (Å²) in [5, 5.41) is -0.311. The molecule has 0 saturated carbocycles. The van der Waals surface area contributed by atoms with Crippen LogP contribution in [0.25, 0.3) is 6.08 Å². The van der Waals surface area contributed by atoms with Crippen molar-refractivity contribution in [2.75, 3.05) is 6.61 Å². The van der Waals surface area contributed by atoms with Gasteiger partial charge in [-0.2, -0.15) is 0 Å². The van der Waals surface area contributed by atoms with Crippen LogP contribution >= 0.6 is 27.7 Å². The number of carbonyl (C=O) groups is 2. The number of hydrogen-bond acceptors (Lipinski definition) is 5. The van der Waals surface area contributed by atoms with E-state index in [9.17, 15) is 14.0 Å². The minimum absolute atomic E-state index is 0.0308. The molecule has 1 saturated heterocycles. The van der Waals surface area contributed by atoms with Gasteiger partial charge in [-0.15, -0.1) is 0 Å². The minimum atomic E-state index is -0.348. The van der Waals surface area contributed by atoms with Crippen molar-refractivity contribution in [2.45, 2.75) is 20.1 Å². The quantitative estimate of drug-likeness (QED) is 0.293. The van der Waals surface area contributed by atoms with Gasteiger partial charge in [0.15, 0.2) is 11.5 Å². The topological polar surface area (TPSA) is 55.8 Å². The molecule has 1 fully saturated rings. The Labute approximate surface area is 209 Å². The Morgan fingerprint density at radius 1 is 1.03 bits per heavy atom. The molecule has 0 bridgehead atoms. The Morgan fingerprint density at radius 2 is 1.76 bits per heavy atom. The lowest BCUT2D eigenvalue weighted by molar-refractivity contribution is -0.123. The number of amides is 2. The molecule has 0 atom stereocenters. The molecule has 3 aromatic carbocycles. The monoisotopic (exact) mass is 541 g/mol. The maximum absolute atomic E-state index is 14.0. The van der Waals surface area contributed by atoms with Crippen LogP contribution in [0, 0.1) is 5.82 Å². The van der Waals surface area contributed by atoms with Crippen LogP contribution in [0.4, 0.5) is 9.18 Å². The number of thioether (sulfide) groups is 1. The summed E-state index contributed by atoms with van der Waals surface area (Å²) in [6.45, 7) is 2.48. The predicted octanol–water partition coefficient (Wildman–Crippen LogP) is 6.80. The van der Waals surface area contributed by atoms with Crippen LogP contribution in [0.3, 0.4) is 0 Å². The van der Waals surface area contributed by atoms with Crippen molar-refractivity contribution in [3.8, 4) is 11.5 Å². The highest BCUT2D eigenvalue weighted by molar-refractivity contribution is 9.10. The van der Waals surface area contributed by atoms with Gasteiger partial charge in [-0.25, -0.2) is 4.39 Å². The van der Waals surface area contributed by atoms with Gasteiger partial charge in [0.2, 0.25) is 0 Å². The van der Waals surface area contributed by atoms with Gasteiger partial charge >= 0.3 is 0 Å². The first-order chi connectivity index (χ1) is 16.5. The number of benzene rings is 3. The van der Waals surface area contributed by atoms with Crippen LogP contribution in [0.1, 0.15) is 23.6 Å². The van der Waals surface area contributed by atoms with Crippen molar-refractivity contribution in [1.82, 2.24) is 4.90 Å². The summed E-state index contributed by atoms with van der Waals surface area (Å²) in [6.07, 6.45) is 1.66. The molecule has 8 heteroatoms. The van der Waals surface area contributed by atoms with E-state index in [0.717, 1.165) is 17.3 Å². The molecule has 0 spiro atoms. The molecule has 174 valence electrons. The van der Waals surface area contributed by atoms with E-state index in [1.165, 1.54) is 11.0 Å². The van der Waals surface area contributed by atoms with E-state index in [1.807, 2.05) is 37.3 Å². The highest BCUT2D eigenvalue weighted by Crippen LogP contribution is 2.40. The fourth-order valence-electron chi connectivity index (χ4n) is 3.39. The fraction of sp³-hybridized carbons (Fsp3) is 0.154. The number of imide groups is 1. The number of rotatable bonds is 8. The van der Waals surface area contributed by atoms with E-state index in [0.29, 0.717) is 38.6 Å². The standard InChI is InChI=1S/C26H21BrFNO4S/c1-2-32-22-13-18(12-20(27)24(22)33-16-19-10-6-7-11-21(19)28)14-23-25(30)29(26(31)34-23)15-17-8-4-3-5-9-17/h3-14H,2,15-16H2,1H3/b23-14-. The van der Waals surface area contributed by atoms with Gasteiger partial charge in [0.1, 0.15) is 12.4 Å². The van der Waals surface area contributed by atoms with Gasteiger partial charge in [0.05, 0.1) is 22.5 Å². The molecule has 5 nitrogen and oxygen atoms in total. The zero-order valence-corrected chi connectivity index (χ0v) is 20.7. The van der Waals surface area contributed by atoms with Crippen molar-refractivity contribution in [3.63, 3.8) is 0 Å². The number of halogens is 2. The van der Waals surface area contributed by atoms with E-state index in [1.54, 1.807) is 36.4 Å². The lowest BCUT2D eigenvalue weighted by atomic mass is 10.1. The second-order valence-corrected chi connectivity index (χ2v) is 9.24. The summed E-state index contributed by atoms with van der Waals surface area (Å²) < 4.78 is 26.2. The van der Waals surface area contributed by atoms with Crippen LogP contribution < -0.4 is 9.47 Å². The Hall–Kier alpha value is -3.10. The number of hydrogen-bond donors (Lipinski definition) is 0. The molecule has 0 aliphatic carbocycles. The molecule has 1 heterocycles. The zero-order chi connectivity index (χ0) is 24.1. The van der Waals surface area contributed by atoms with Crippen LogP contribution in [0.5, 0.6) is 11.5 Å². The van der Waals surface area contributed by atoms with E-state index in [2.05, 4.69) is 15.9 Å². The lowest BCUT2D eigenvalue weighted by Gasteiger charge is -2.15. The first-order valence-corrected chi connectivity index (χ1v) is 12.2. The second kappa shape index (κ2) is 10.9. The lowest BCUT2D eigenvalue weighted by Crippen LogP contribution is -2.27. The summed E-state index contributed by atoms with van der Waals surface area (Å²) in [7, 11) is 0. The second-order valence-electron chi connectivity index (χ2n) is 7.40. The first kappa shape index (κ1) is 24.0. The maximum atomic E-state index is 14.0. The highest BCUT2D eigenvalue weighted by Gasteiger charge is 2.35. The summed E-state index contributed by atoms with van der Waals surface area (Å²) in [5.41, 5.74) is 1.97. The predicted molar refractivity (Wildman–Crippen MR) is 134 cm³/mol. The maximum Gasteiger partial charge on any atom is 0.293 e. The third-order valence-electron chi connectivity index (χ3n) is 5.02. The normalized spacial score (nSPS) is 14.7. The summed E-state index contributed by atoms with van der Waals surface area (Å²) >= 11 is 4.40. The largest absolute Gasteiger partial charge is 0.490 e. The molecule has 1 aliphatic rings. The molecule has 2 amide bonds. The van der Waals surface area contributed by atoms with Gasteiger partial charge in [0, 0.05) is 5.56 Å². The number of carbonyl (C=O) groups excluding carboxylic acids is 2. The van der Waals surface area contributed by atoms with Crippen molar-refractivity contribution in [3.05, 3.63) is 98.6 Å². The first-order valence-electron chi connectivity index (χ1n) is 10.6. The molecule has 0 unspecified atom stereocenters. The Morgan fingerprint density at radius 3 is 2.50 bits per heavy atom. The molecular weight excluding hydrogens is 521 g/mol. The van der Waals surface area contributed by atoms with Gasteiger partial charge in [-0.1, -0.05) is 48.5 Å². The number of nitrogens with zero attached hydrogens (tertiary/aromatic N) is 1. The molecule has 34 heavy (non-hydrogen) atoms. The summed E-state index contributed by atoms with van der Waals surface area (Å²) in [5.74, 6) is 0.189. The SMILES string of the molecule is CCOc1cc(/C=C2\SC(=O)N(Cc3ccccc3)C2=O)cc(Br)c1OCc1ccccc1F. The average Bonchev–Trinajstić information content (AvgIpc) is 3.08. The third kappa shape index (κ3) is 5.51. The van der Waals surface area contributed by atoms with Gasteiger partial charge in [-0.05, 0) is 70.0 Å². The molecule has 3 aromatic rings. The summed E-state index contributed by atoms with van der Waals surface area (Å²) in [6, 6.07) is 19.3. The van der Waals surface area contributed by atoms with Crippen LogP contribution in [0.15, 0.2) is 76.1 Å². The molecular formula is C26H21BrFNO4S. The van der Waals surface area contributed by atoms with E-state index < -0.39 is 0 Å². The molecule has 4 rings (SSSR count). The van der Waals surface area contributed by atoms with E-state index in [4.69, 9.17) is 9.47 Å². The van der Waals surface area contributed by atoms with Gasteiger partial charge < -0.3 is 9.47 Å². The minimum Gasteiger partial charge on any atom is -0.490 e. The van der Waals surface area contributed by atoms with Crippen molar-refractivity contribution in [2.24, 2.45) is 0 Å². The van der Waals surface area contributed by atoms with Crippen molar-refractivity contribution in [1.29, 1.82) is 0 Å². The Kier molecular flexibility index (Phi) is 7.70. The van der Waals surface area contributed by atoms with Crippen LogP contribution in [-0.2, 0) is 17.9 Å². The van der Waals surface area contributed by atoms with E-state index >= 15 is 0 Å². The van der Waals surface area contributed by atoms with Crippen molar-refractivity contribution < 1.29 is 23.5 Å². The fourth-order valence-corrected chi connectivity index (χ4v) is 4.81. The zero-order valence-electron chi connectivity index (χ0n) is 18.3. The number of ether oxygens (including phenoxy) is 2. The van der Waals surface area contributed by atoms with Gasteiger partial charge in [-0.3, -0.25) is 14.5 Å². The van der Waals surface area contributed by atoms with E-state index in [-0.39, 0.29) is 30.1 Å². The molecule has 1 aliphatic heterocycles. The Balaban J connectivity index is 1.56. The third-order valence-corrected chi connectivity index (χ3v) is 6.51. The Bertz CT molecular complexity index is 1250. The van der Waals surface area contributed by atoms with Crippen LogP contribution in [-0.4, -0.2) is 22.7 Å². The molecule has 0 radical (unpaired) electrons.